The Morgan fingerprint density at radius 1 is 1.04 bits per heavy atom. The molecule has 23 heavy (non-hydrogen) atoms. The van der Waals surface area contributed by atoms with Crippen LogP contribution >= 0.6 is 0 Å². The first-order chi connectivity index (χ1) is 11.2. The van der Waals surface area contributed by atoms with Crippen LogP contribution in [-0.4, -0.2) is 32.9 Å². The summed E-state index contributed by atoms with van der Waals surface area (Å²) in [6, 6.07) is 10.5. The molecule has 3 aromatic rings. The molecular formula is C18H21N5. The summed E-state index contributed by atoms with van der Waals surface area (Å²) in [7, 11) is 0. The van der Waals surface area contributed by atoms with Crippen molar-refractivity contribution in [2.24, 2.45) is 0 Å². The second-order valence-corrected chi connectivity index (χ2v) is 6.39. The van der Waals surface area contributed by atoms with Crippen molar-refractivity contribution in [2.45, 2.75) is 32.6 Å². The first-order valence-corrected chi connectivity index (χ1v) is 8.23. The fraction of sp³-hybridized carbons (Fsp3) is 0.389. The maximum absolute atomic E-state index is 4.85. The molecule has 0 saturated carbocycles. The van der Waals surface area contributed by atoms with E-state index in [2.05, 4.69) is 47.6 Å². The molecule has 1 aromatic carbocycles. The molecule has 0 aliphatic carbocycles. The van der Waals surface area contributed by atoms with Crippen molar-refractivity contribution in [2.75, 3.05) is 13.1 Å². The Balaban J connectivity index is 1.81. The minimum atomic E-state index is 0.438. The normalized spacial score (nSPS) is 16.1. The molecule has 1 N–H and O–H groups in total. The zero-order valence-corrected chi connectivity index (χ0v) is 13.6. The fourth-order valence-corrected chi connectivity index (χ4v) is 3.30. The van der Waals surface area contributed by atoms with Crippen LogP contribution < -0.4 is 5.32 Å². The summed E-state index contributed by atoms with van der Waals surface area (Å²) >= 11 is 0. The van der Waals surface area contributed by atoms with E-state index in [1.807, 2.05) is 16.6 Å². The lowest BCUT2D eigenvalue weighted by atomic mass is 9.97. The molecule has 2 aromatic heterocycles. The van der Waals surface area contributed by atoms with E-state index in [4.69, 9.17) is 5.10 Å². The molecule has 1 aliphatic heterocycles. The maximum atomic E-state index is 4.85. The minimum absolute atomic E-state index is 0.438. The van der Waals surface area contributed by atoms with E-state index in [0.717, 1.165) is 43.1 Å². The molecule has 5 nitrogen and oxygen atoms in total. The molecule has 1 fully saturated rings. The highest BCUT2D eigenvalue weighted by Gasteiger charge is 2.21. The molecule has 5 heteroatoms. The van der Waals surface area contributed by atoms with Crippen molar-refractivity contribution >= 4 is 5.65 Å². The smallest absolute Gasteiger partial charge is 0.177 e. The van der Waals surface area contributed by atoms with E-state index in [1.165, 1.54) is 16.7 Å². The number of nitrogens with one attached hydrogen (secondary N) is 1. The van der Waals surface area contributed by atoms with Gasteiger partial charge in [0.25, 0.3) is 0 Å². The van der Waals surface area contributed by atoms with E-state index >= 15 is 0 Å². The van der Waals surface area contributed by atoms with Gasteiger partial charge >= 0.3 is 0 Å². The predicted molar refractivity (Wildman–Crippen MR) is 90.5 cm³/mol. The Kier molecular flexibility index (Phi) is 3.58. The van der Waals surface area contributed by atoms with Crippen LogP contribution in [-0.2, 0) is 0 Å². The standard InChI is InChI=1S/C18H21N5/c1-12-3-4-13(2)15(11-12)16-5-6-17-20-21-18(23(17)22-16)14-7-9-19-10-8-14/h3-6,11,14,19H,7-10H2,1-2H3. The van der Waals surface area contributed by atoms with E-state index in [9.17, 15) is 0 Å². The van der Waals surface area contributed by atoms with Crippen LogP contribution in [0.4, 0.5) is 0 Å². The maximum Gasteiger partial charge on any atom is 0.177 e. The number of hydrogen-bond acceptors (Lipinski definition) is 4. The highest BCUT2D eigenvalue weighted by molar-refractivity contribution is 5.65. The zero-order chi connectivity index (χ0) is 15.8. The number of nitrogens with zero attached hydrogens (tertiary/aromatic N) is 4. The van der Waals surface area contributed by atoms with Gasteiger partial charge in [-0.2, -0.15) is 9.61 Å². The molecule has 1 aliphatic rings. The average molecular weight is 307 g/mol. The van der Waals surface area contributed by atoms with Crippen molar-refractivity contribution < 1.29 is 0 Å². The molecule has 0 atom stereocenters. The highest BCUT2D eigenvalue weighted by atomic mass is 15.4. The third-order valence-corrected chi connectivity index (χ3v) is 4.66. The molecule has 0 amide bonds. The van der Waals surface area contributed by atoms with Gasteiger partial charge in [0.05, 0.1) is 5.69 Å². The minimum Gasteiger partial charge on any atom is -0.317 e. The van der Waals surface area contributed by atoms with Crippen LogP contribution in [0, 0.1) is 13.8 Å². The Morgan fingerprint density at radius 2 is 1.87 bits per heavy atom. The lowest BCUT2D eigenvalue weighted by molar-refractivity contribution is 0.439. The zero-order valence-electron chi connectivity index (χ0n) is 13.6. The van der Waals surface area contributed by atoms with Crippen molar-refractivity contribution in [1.82, 2.24) is 25.1 Å². The second kappa shape index (κ2) is 5.74. The van der Waals surface area contributed by atoms with Gasteiger partial charge in [-0.25, -0.2) is 0 Å². The van der Waals surface area contributed by atoms with Crippen LogP contribution in [0.15, 0.2) is 30.3 Å². The summed E-state index contributed by atoms with van der Waals surface area (Å²) in [5, 5.41) is 17.0. The van der Waals surface area contributed by atoms with Crippen LogP contribution in [0.3, 0.4) is 0 Å². The molecule has 0 bridgehead atoms. The number of fused-ring (bicyclic) bond motifs is 1. The number of benzene rings is 1. The van der Waals surface area contributed by atoms with Gasteiger partial charge in [-0.1, -0.05) is 17.7 Å². The summed E-state index contributed by atoms with van der Waals surface area (Å²) in [5.74, 6) is 1.43. The van der Waals surface area contributed by atoms with E-state index in [0.29, 0.717) is 5.92 Å². The number of hydrogen-bond donors (Lipinski definition) is 1. The predicted octanol–water partition coefficient (Wildman–Crippen LogP) is 2.88. The Bertz CT molecular complexity index is 846. The second-order valence-electron chi connectivity index (χ2n) is 6.39. The van der Waals surface area contributed by atoms with Crippen molar-refractivity contribution in [3.05, 3.63) is 47.3 Å². The summed E-state index contributed by atoms with van der Waals surface area (Å²) in [6.45, 7) is 6.31. The average Bonchev–Trinajstić information content (AvgIpc) is 3.01. The van der Waals surface area contributed by atoms with E-state index in [-0.39, 0.29) is 0 Å². The van der Waals surface area contributed by atoms with Crippen molar-refractivity contribution in [3.8, 4) is 11.3 Å². The summed E-state index contributed by atoms with van der Waals surface area (Å²) in [6.07, 6.45) is 2.19. The molecule has 1 saturated heterocycles. The van der Waals surface area contributed by atoms with Gasteiger partial charge in [0, 0.05) is 11.5 Å². The largest absolute Gasteiger partial charge is 0.317 e. The number of rotatable bonds is 2. The van der Waals surface area contributed by atoms with Crippen LogP contribution in [0.5, 0.6) is 0 Å². The van der Waals surface area contributed by atoms with Gasteiger partial charge in [0.2, 0.25) is 0 Å². The van der Waals surface area contributed by atoms with E-state index in [1.54, 1.807) is 0 Å². The molecule has 3 heterocycles. The molecular weight excluding hydrogens is 286 g/mol. The van der Waals surface area contributed by atoms with Gasteiger partial charge in [0.1, 0.15) is 0 Å². The fourth-order valence-electron chi connectivity index (χ4n) is 3.30. The number of aryl methyl sites for hydroxylation is 2. The quantitative estimate of drug-likeness (QED) is 0.791. The SMILES string of the molecule is Cc1ccc(C)c(-c2ccc3nnc(C4CCNCC4)n3n2)c1. The highest BCUT2D eigenvalue weighted by Crippen LogP contribution is 2.26. The lowest BCUT2D eigenvalue weighted by Gasteiger charge is -2.20. The third-order valence-electron chi connectivity index (χ3n) is 4.66. The molecule has 0 unspecified atom stereocenters. The van der Waals surface area contributed by atoms with Gasteiger partial charge in [0.15, 0.2) is 11.5 Å². The first-order valence-electron chi connectivity index (χ1n) is 8.23. The van der Waals surface area contributed by atoms with Crippen LogP contribution in [0.25, 0.3) is 16.9 Å². The van der Waals surface area contributed by atoms with Gasteiger partial charge < -0.3 is 5.32 Å². The van der Waals surface area contributed by atoms with Gasteiger partial charge in [-0.15, -0.1) is 10.2 Å². The van der Waals surface area contributed by atoms with Gasteiger partial charge in [-0.3, -0.25) is 0 Å². The topological polar surface area (TPSA) is 55.1 Å². The molecule has 4 rings (SSSR count). The van der Waals surface area contributed by atoms with Gasteiger partial charge in [-0.05, 0) is 63.5 Å². The number of piperidine rings is 1. The molecule has 0 radical (unpaired) electrons. The van der Waals surface area contributed by atoms with Crippen LogP contribution in [0.2, 0.25) is 0 Å². The Labute approximate surface area is 135 Å². The summed E-state index contributed by atoms with van der Waals surface area (Å²) in [4.78, 5) is 0. The first kappa shape index (κ1) is 14.3. The van der Waals surface area contributed by atoms with Crippen molar-refractivity contribution in [3.63, 3.8) is 0 Å². The molecule has 0 spiro atoms. The summed E-state index contributed by atoms with van der Waals surface area (Å²) in [5.41, 5.74) is 5.46. The lowest BCUT2D eigenvalue weighted by Crippen LogP contribution is -2.27. The van der Waals surface area contributed by atoms with E-state index < -0.39 is 0 Å². The summed E-state index contributed by atoms with van der Waals surface area (Å²) < 4.78 is 1.94. The van der Waals surface area contributed by atoms with Crippen molar-refractivity contribution in [1.29, 1.82) is 0 Å². The molecule has 118 valence electrons. The monoisotopic (exact) mass is 307 g/mol. The Morgan fingerprint density at radius 3 is 2.70 bits per heavy atom. The Hall–Kier alpha value is -2.27. The van der Waals surface area contributed by atoms with Crippen LogP contribution in [0.1, 0.15) is 35.7 Å². The number of aromatic nitrogens is 4. The third kappa shape index (κ3) is 2.61.